The third kappa shape index (κ3) is 5.73. The third-order valence-corrected chi connectivity index (χ3v) is 7.29. The molecule has 0 amide bonds. The number of pyridine rings is 3. The predicted octanol–water partition coefficient (Wildman–Crippen LogP) is 5.31. The van der Waals surface area contributed by atoms with E-state index in [2.05, 4.69) is 129 Å². The van der Waals surface area contributed by atoms with Crippen LogP contribution in [0.1, 0.15) is 70.8 Å². The summed E-state index contributed by atoms with van der Waals surface area (Å²) in [4.78, 5) is 0. The van der Waals surface area contributed by atoms with E-state index in [-0.39, 0.29) is 0 Å². The molecule has 4 rings (SSSR count). The standard InChI is InChI=1S/C33H42N3/c1-7-28-31(22-34-16-10-13-25(4)19-34)29(8-2)33(24-36-18-12-15-27(6)21-36)30(9-3)32(28)23-35-17-11-14-26(5)20-35/h10-21H,7-9,22-24H2,1-6H3/q+3. The molecule has 36 heavy (non-hydrogen) atoms. The van der Waals surface area contributed by atoms with Crippen LogP contribution < -0.4 is 13.7 Å². The molecule has 3 heteroatoms. The fourth-order valence-electron chi connectivity index (χ4n) is 5.75. The Morgan fingerprint density at radius 2 is 0.722 bits per heavy atom. The fraction of sp³-hybridized carbons (Fsp3) is 0.364. The maximum Gasteiger partial charge on any atom is 0.174 e. The molecule has 0 N–H and O–H groups in total. The molecule has 0 radical (unpaired) electrons. The van der Waals surface area contributed by atoms with E-state index < -0.39 is 0 Å². The molecule has 0 saturated carbocycles. The zero-order valence-electron chi connectivity index (χ0n) is 23.0. The number of hydrogen-bond acceptors (Lipinski definition) is 0. The number of hydrogen-bond donors (Lipinski definition) is 0. The molecule has 4 aromatic rings. The van der Waals surface area contributed by atoms with E-state index in [9.17, 15) is 0 Å². The van der Waals surface area contributed by atoms with Crippen molar-refractivity contribution in [1.29, 1.82) is 0 Å². The van der Waals surface area contributed by atoms with Crippen LogP contribution in [0.25, 0.3) is 0 Å². The summed E-state index contributed by atoms with van der Waals surface area (Å²) < 4.78 is 7.09. The molecule has 0 saturated heterocycles. The van der Waals surface area contributed by atoms with Gasteiger partial charge in [-0.25, -0.2) is 13.7 Å². The molecule has 0 bridgehead atoms. The number of aromatic nitrogens is 3. The lowest BCUT2D eigenvalue weighted by atomic mass is 9.83. The van der Waals surface area contributed by atoms with Crippen molar-refractivity contribution in [1.82, 2.24) is 0 Å². The number of benzene rings is 1. The second kappa shape index (κ2) is 11.6. The van der Waals surface area contributed by atoms with Gasteiger partial charge in [0.05, 0.1) is 0 Å². The number of aryl methyl sites for hydroxylation is 3. The highest BCUT2D eigenvalue weighted by Crippen LogP contribution is 2.31. The van der Waals surface area contributed by atoms with Crippen LogP contribution in [0.4, 0.5) is 0 Å². The molecule has 3 aromatic heterocycles. The maximum absolute atomic E-state index is 2.36. The van der Waals surface area contributed by atoms with Crippen molar-refractivity contribution < 1.29 is 13.7 Å². The highest BCUT2D eigenvalue weighted by atomic mass is 14.9. The van der Waals surface area contributed by atoms with Gasteiger partial charge in [-0.3, -0.25) is 0 Å². The molecule has 0 fully saturated rings. The van der Waals surface area contributed by atoms with Crippen molar-refractivity contribution in [2.75, 3.05) is 0 Å². The van der Waals surface area contributed by atoms with Crippen molar-refractivity contribution >= 4 is 0 Å². The summed E-state index contributed by atoms with van der Waals surface area (Å²) in [6.07, 6.45) is 16.6. The number of rotatable bonds is 9. The Labute approximate surface area is 217 Å². The first kappa shape index (κ1) is 25.8. The summed E-state index contributed by atoms with van der Waals surface area (Å²) in [5, 5.41) is 0. The van der Waals surface area contributed by atoms with E-state index in [1.807, 2.05) is 0 Å². The third-order valence-electron chi connectivity index (χ3n) is 7.29. The van der Waals surface area contributed by atoms with Gasteiger partial charge in [0.15, 0.2) is 56.8 Å². The van der Waals surface area contributed by atoms with Gasteiger partial charge in [-0.15, -0.1) is 0 Å². The molecular formula is C33H42N3+3. The molecule has 3 heterocycles. The van der Waals surface area contributed by atoms with E-state index >= 15 is 0 Å². The predicted molar refractivity (Wildman–Crippen MR) is 146 cm³/mol. The van der Waals surface area contributed by atoms with Gasteiger partial charge >= 0.3 is 0 Å². The van der Waals surface area contributed by atoms with E-state index in [1.165, 1.54) is 50.1 Å². The van der Waals surface area contributed by atoms with Crippen LogP contribution in [0.15, 0.2) is 73.6 Å². The summed E-state index contributed by atoms with van der Waals surface area (Å²) in [6, 6.07) is 13.0. The van der Waals surface area contributed by atoms with E-state index in [0.717, 1.165) is 38.9 Å². The van der Waals surface area contributed by atoms with Crippen LogP contribution in [0.3, 0.4) is 0 Å². The summed E-state index contributed by atoms with van der Waals surface area (Å²) in [7, 11) is 0. The van der Waals surface area contributed by atoms with Gasteiger partial charge in [-0.05, 0) is 74.9 Å². The number of nitrogens with zero attached hydrogens (tertiary/aromatic N) is 3. The van der Waals surface area contributed by atoms with Gasteiger partial charge in [0.1, 0.15) is 0 Å². The monoisotopic (exact) mass is 480 g/mol. The van der Waals surface area contributed by atoms with E-state index in [0.29, 0.717) is 0 Å². The molecular weight excluding hydrogens is 438 g/mol. The first-order valence-corrected chi connectivity index (χ1v) is 13.5. The van der Waals surface area contributed by atoms with Crippen LogP contribution in [0.5, 0.6) is 0 Å². The molecule has 3 nitrogen and oxygen atoms in total. The highest BCUT2D eigenvalue weighted by Gasteiger charge is 2.27. The van der Waals surface area contributed by atoms with E-state index in [4.69, 9.17) is 0 Å². The zero-order chi connectivity index (χ0) is 25.7. The van der Waals surface area contributed by atoms with Crippen LogP contribution >= 0.6 is 0 Å². The van der Waals surface area contributed by atoms with Crippen molar-refractivity contribution in [2.45, 2.75) is 80.4 Å². The molecule has 0 aliphatic rings. The lowest BCUT2D eigenvalue weighted by Gasteiger charge is -2.23. The lowest BCUT2D eigenvalue weighted by molar-refractivity contribution is -0.690. The van der Waals surface area contributed by atoms with Crippen LogP contribution in [-0.2, 0) is 38.9 Å². The largest absolute Gasteiger partial charge is 0.201 e. The second-order valence-electron chi connectivity index (χ2n) is 10.1. The van der Waals surface area contributed by atoms with Crippen LogP contribution in [-0.4, -0.2) is 0 Å². The summed E-state index contributed by atoms with van der Waals surface area (Å²) in [5.74, 6) is 0. The van der Waals surface area contributed by atoms with Gasteiger partial charge in [0, 0.05) is 51.6 Å². The smallest absolute Gasteiger partial charge is 0.174 e. The molecule has 186 valence electrons. The Kier molecular flexibility index (Phi) is 8.30. The van der Waals surface area contributed by atoms with Crippen molar-refractivity contribution in [2.24, 2.45) is 0 Å². The first-order valence-electron chi connectivity index (χ1n) is 13.5. The van der Waals surface area contributed by atoms with Crippen molar-refractivity contribution in [3.05, 3.63) is 124 Å². The second-order valence-corrected chi connectivity index (χ2v) is 10.1. The lowest BCUT2D eigenvalue weighted by Crippen LogP contribution is -2.39. The van der Waals surface area contributed by atoms with Crippen LogP contribution in [0.2, 0.25) is 0 Å². The quantitative estimate of drug-likeness (QED) is 0.288. The summed E-state index contributed by atoms with van der Waals surface area (Å²) in [5.41, 5.74) is 13.0. The first-order chi connectivity index (χ1) is 17.4. The van der Waals surface area contributed by atoms with Gasteiger partial charge in [0.25, 0.3) is 0 Å². The SMILES string of the molecule is CCc1c(C[n+]2cccc(C)c2)c(CC)c(C[n+]2cccc(C)c2)c(CC)c1C[n+]1cccc(C)c1. The van der Waals surface area contributed by atoms with Gasteiger partial charge in [-0.2, -0.15) is 0 Å². The van der Waals surface area contributed by atoms with Crippen LogP contribution in [0, 0.1) is 20.8 Å². The minimum Gasteiger partial charge on any atom is -0.201 e. The Hall–Kier alpha value is -3.33. The average molecular weight is 481 g/mol. The van der Waals surface area contributed by atoms with Crippen molar-refractivity contribution in [3.63, 3.8) is 0 Å². The average Bonchev–Trinajstić information content (AvgIpc) is 2.85. The minimum atomic E-state index is 0.912. The Bertz CT molecular complexity index is 1170. The zero-order valence-corrected chi connectivity index (χ0v) is 23.0. The maximum atomic E-state index is 2.36. The molecule has 0 aliphatic heterocycles. The normalized spacial score (nSPS) is 11.2. The molecule has 0 atom stereocenters. The molecule has 0 unspecified atom stereocenters. The Balaban J connectivity index is 1.96. The molecule has 1 aromatic carbocycles. The molecule has 0 aliphatic carbocycles. The summed E-state index contributed by atoms with van der Waals surface area (Å²) >= 11 is 0. The fourth-order valence-corrected chi connectivity index (χ4v) is 5.75. The van der Waals surface area contributed by atoms with E-state index in [1.54, 1.807) is 0 Å². The topological polar surface area (TPSA) is 11.6 Å². The Morgan fingerprint density at radius 1 is 0.444 bits per heavy atom. The molecule has 0 spiro atoms. The minimum absolute atomic E-state index is 0.912. The van der Waals surface area contributed by atoms with Gasteiger partial charge in [0.2, 0.25) is 0 Å². The van der Waals surface area contributed by atoms with Gasteiger partial charge < -0.3 is 0 Å². The van der Waals surface area contributed by atoms with Gasteiger partial charge in [-0.1, -0.05) is 20.8 Å². The summed E-state index contributed by atoms with van der Waals surface area (Å²) in [6.45, 7) is 16.3. The van der Waals surface area contributed by atoms with Crippen molar-refractivity contribution in [3.8, 4) is 0 Å². The highest BCUT2D eigenvalue weighted by molar-refractivity contribution is 5.52. The Morgan fingerprint density at radius 3 is 0.944 bits per heavy atom.